The van der Waals surface area contributed by atoms with Crippen LogP contribution in [0, 0.1) is 0 Å². The topological polar surface area (TPSA) is 76.8 Å². The van der Waals surface area contributed by atoms with E-state index in [1.165, 1.54) is 0 Å². The highest BCUT2D eigenvalue weighted by molar-refractivity contribution is 5.53. The minimum atomic E-state index is -0.0539. The van der Waals surface area contributed by atoms with Gasteiger partial charge in [0.25, 0.3) is 5.89 Å². The van der Waals surface area contributed by atoms with Crippen LogP contribution in [0.1, 0.15) is 39.2 Å². The molecule has 2 aliphatic heterocycles. The van der Waals surface area contributed by atoms with Crippen LogP contribution in [0.15, 0.2) is 16.7 Å². The van der Waals surface area contributed by atoms with Crippen LogP contribution >= 0.6 is 0 Å². The second-order valence-corrected chi connectivity index (χ2v) is 8.78. The van der Waals surface area contributed by atoms with E-state index in [0.717, 1.165) is 63.5 Å². The summed E-state index contributed by atoms with van der Waals surface area (Å²) in [6, 6.07) is 3.07. The smallest absolute Gasteiger partial charge is 0.318 e. The van der Waals surface area contributed by atoms with E-state index in [4.69, 9.17) is 13.9 Å². The van der Waals surface area contributed by atoms with Crippen LogP contribution in [-0.4, -0.2) is 72.6 Å². The van der Waals surface area contributed by atoms with Crippen molar-refractivity contribution in [2.75, 3.05) is 51.4 Å². The van der Waals surface area contributed by atoms with Gasteiger partial charge in [-0.2, -0.15) is 0 Å². The molecule has 0 aromatic carbocycles. The molecule has 0 amide bonds. The molecule has 2 fully saturated rings. The Balaban J connectivity index is 1.44. The number of nitrogens with zero attached hydrogens (tertiary/aromatic N) is 5. The number of anilines is 1. The van der Waals surface area contributed by atoms with Crippen molar-refractivity contribution in [2.45, 2.75) is 45.1 Å². The Labute approximate surface area is 172 Å². The number of morpholine rings is 1. The van der Waals surface area contributed by atoms with Gasteiger partial charge in [-0.05, 0) is 18.3 Å². The van der Waals surface area contributed by atoms with Gasteiger partial charge in [0.15, 0.2) is 0 Å². The summed E-state index contributed by atoms with van der Waals surface area (Å²) >= 11 is 0. The van der Waals surface area contributed by atoms with Crippen LogP contribution in [-0.2, 0) is 10.2 Å². The summed E-state index contributed by atoms with van der Waals surface area (Å²) in [6.45, 7) is 12.0. The summed E-state index contributed by atoms with van der Waals surface area (Å²) in [5.41, 5.74) is 1.63. The first-order valence-electron chi connectivity index (χ1n) is 10.4. The van der Waals surface area contributed by atoms with Gasteiger partial charge in [0, 0.05) is 50.0 Å². The lowest BCUT2D eigenvalue weighted by Gasteiger charge is -2.39. The first kappa shape index (κ1) is 20.1. The summed E-state index contributed by atoms with van der Waals surface area (Å²) in [5.74, 6) is 1.21. The molecular weight excluding hydrogens is 370 g/mol. The number of piperidine rings is 1. The molecule has 0 aliphatic carbocycles. The average molecular weight is 402 g/mol. The molecule has 0 N–H and O–H groups in total. The van der Waals surface area contributed by atoms with E-state index in [-0.39, 0.29) is 5.41 Å². The molecule has 29 heavy (non-hydrogen) atoms. The standard InChI is InChI=1S/C21H31N5O3/c1-21(2,3)16-14-22-17(13-18(16)27-4)19-23-24-20(29-19)26-7-5-15(6-8-26)25-9-11-28-12-10-25/h13-15H,5-12H2,1-4H3. The lowest BCUT2D eigenvalue weighted by molar-refractivity contribution is 0.0113. The van der Waals surface area contributed by atoms with Gasteiger partial charge in [-0.15, -0.1) is 5.10 Å². The van der Waals surface area contributed by atoms with Crippen LogP contribution in [0.2, 0.25) is 0 Å². The molecular formula is C21H31N5O3. The van der Waals surface area contributed by atoms with E-state index >= 15 is 0 Å². The molecule has 0 bridgehead atoms. The van der Waals surface area contributed by atoms with Gasteiger partial charge in [0.2, 0.25) is 0 Å². The van der Waals surface area contributed by atoms with Crippen LogP contribution in [0.3, 0.4) is 0 Å². The second kappa shape index (κ2) is 8.28. The van der Waals surface area contributed by atoms with Crippen molar-refractivity contribution in [3.8, 4) is 17.3 Å². The number of methoxy groups -OCH3 is 1. The Morgan fingerprint density at radius 1 is 1.07 bits per heavy atom. The van der Waals surface area contributed by atoms with Gasteiger partial charge >= 0.3 is 6.01 Å². The molecule has 4 heterocycles. The quantitative estimate of drug-likeness (QED) is 0.774. The fraction of sp³-hybridized carbons (Fsp3) is 0.667. The maximum Gasteiger partial charge on any atom is 0.318 e. The van der Waals surface area contributed by atoms with E-state index in [2.05, 4.69) is 45.8 Å². The molecule has 0 unspecified atom stereocenters. The van der Waals surface area contributed by atoms with Crippen LogP contribution in [0.25, 0.3) is 11.6 Å². The maximum absolute atomic E-state index is 5.97. The minimum absolute atomic E-state index is 0.0539. The monoisotopic (exact) mass is 401 g/mol. The maximum atomic E-state index is 5.97. The molecule has 0 saturated carbocycles. The third kappa shape index (κ3) is 4.38. The van der Waals surface area contributed by atoms with Crippen molar-refractivity contribution in [3.05, 3.63) is 17.8 Å². The fourth-order valence-corrected chi connectivity index (χ4v) is 4.10. The Bertz CT molecular complexity index is 818. The fourth-order valence-electron chi connectivity index (χ4n) is 4.10. The lowest BCUT2D eigenvalue weighted by Crippen LogP contribution is -2.49. The van der Waals surface area contributed by atoms with Crippen LogP contribution in [0.4, 0.5) is 6.01 Å². The first-order chi connectivity index (χ1) is 14.0. The predicted molar refractivity (Wildman–Crippen MR) is 110 cm³/mol. The van der Waals surface area contributed by atoms with Crippen molar-refractivity contribution < 1.29 is 13.9 Å². The predicted octanol–water partition coefficient (Wildman–Crippen LogP) is 2.74. The van der Waals surface area contributed by atoms with E-state index in [0.29, 0.717) is 23.6 Å². The number of rotatable bonds is 4. The van der Waals surface area contributed by atoms with Crippen LogP contribution < -0.4 is 9.64 Å². The normalized spacial score (nSPS) is 19.5. The second-order valence-electron chi connectivity index (χ2n) is 8.78. The Hall–Kier alpha value is -2.19. The summed E-state index contributed by atoms with van der Waals surface area (Å²) in [7, 11) is 1.67. The number of hydrogen-bond acceptors (Lipinski definition) is 8. The van der Waals surface area contributed by atoms with Crippen molar-refractivity contribution in [1.29, 1.82) is 0 Å². The van der Waals surface area contributed by atoms with Gasteiger partial charge in [0.1, 0.15) is 11.4 Å². The highest BCUT2D eigenvalue weighted by Gasteiger charge is 2.28. The molecule has 8 heteroatoms. The van der Waals surface area contributed by atoms with Crippen molar-refractivity contribution in [1.82, 2.24) is 20.1 Å². The van der Waals surface area contributed by atoms with Crippen molar-refractivity contribution in [3.63, 3.8) is 0 Å². The zero-order valence-corrected chi connectivity index (χ0v) is 17.8. The first-order valence-corrected chi connectivity index (χ1v) is 10.4. The van der Waals surface area contributed by atoms with Gasteiger partial charge < -0.3 is 18.8 Å². The molecule has 0 atom stereocenters. The number of aromatic nitrogens is 3. The van der Waals surface area contributed by atoms with Crippen molar-refractivity contribution in [2.24, 2.45) is 0 Å². The highest BCUT2D eigenvalue weighted by Crippen LogP contribution is 2.33. The third-order valence-electron chi connectivity index (χ3n) is 5.82. The Morgan fingerprint density at radius 2 is 1.79 bits per heavy atom. The highest BCUT2D eigenvalue weighted by atomic mass is 16.5. The number of pyridine rings is 1. The van der Waals surface area contributed by atoms with E-state index in [1.54, 1.807) is 7.11 Å². The van der Waals surface area contributed by atoms with E-state index in [1.807, 2.05) is 12.3 Å². The van der Waals surface area contributed by atoms with E-state index in [9.17, 15) is 0 Å². The van der Waals surface area contributed by atoms with Gasteiger partial charge in [-0.1, -0.05) is 25.9 Å². The van der Waals surface area contributed by atoms with E-state index < -0.39 is 0 Å². The minimum Gasteiger partial charge on any atom is -0.496 e. The molecule has 158 valence electrons. The Kier molecular flexibility index (Phi) is 5.74. The summed E-state index contributed by atoms with van der Waals surface area (Å²) in [6.07, 6.45) is 4.04. The summed E-state index contributed by atoms with van der Waals surface area (Å²) in [5, 5.41) is 8.51. The third-order valence-corrected chi connectivity index (χ3v) is 5.82. The molecule has 8 nitrogen and oxygen atoms in total. The largest absolute Gasteiger partial charge is 0.496 e. The van der Waals surface area contributed by atoms with Gasteiger partial charge in [-0.25, -0.2) is 0 Å². The van der Waals surface area contributed by atoms with Gasteiger partial charge in [0.05, 0.1) is 20.3 Å². The van der Waals surface area contributed by atoms with Crippen LogP contribution in [0.5, 0.6) is 5.75 Å². The summed E-state index contributed by atoms with van der Waals surface area (Å²) < 4.78 is 17.0. The zero-order valence-electron chi connectivity index (χ0n) is 17.8. The molecule has 0 radical (unpaired) electrons. The molecule has 2 saturated heterocycles. The molecule has 2 aromatic heterocycles. The lowest BCUT2D eigenvalue weighted by atomic mass is 9.87. The Morgan fingerprint density at radius 3 is 2.45 bits per heavy atom. The zero-order chi connectivity index (χ0) is 20.4. The van der Waals surface area contributed by atoms with Crippen molar-refractivity contribution >= 4 is 6.01 Å². The molecule has 2 aromatic rings. The number of ether oxygens (including phenoxy) is 2. The SMILES string of the molecule is COc1cc(-c2nnc(N3CCC(N4CCOCC4)CC3)o2)ncc1C(C)(C)C. The van der Waals surface area contributed by atoms with Gasteiger partial charge in [-0.3, -0.25) is 9.88 Å². The molecule has 2 aliphatic rings. The molecule has 4 rings (SSSR count). The summed E-state index contributed by atoms with van der Waals surface area (Å²) in [4.78, 5) is 9.27. The average Bonchev–Trinajstić information content (AvgIpc) is 3.24. The molecule has 0 spiro atoms. The number of hydrogen-bond donors (Lipinski definition) is 0.